The summed E-state index contributed by atoms with van der Waals surface area (Å²) in [6.45, 7) is 5.51. The highest BCUT2D eigenvalue weighted by Gasteiger charge is 2.63. The third kappa shape index (κ3) is 4.96. The molecule has 2 N–H and O–H groups in total. The van der Waals surface area contributed by atoms with Crippen molar-refractivity contribution in [2.24, 2.45) is 5.41 Å². The minimum atomic E-state index is -1.12. The third-order valence-corrected chi connectivity index (χ3v) is 6.55. The van der Waals surface area contributed by atoms with Crippen molar-refractivity contribution in [3.8, 4) is 5.75 Å². The fourth-order valence-electron chi connectivity index (χ4n) is 4.43. The summed E-state index contributed by atoms with van der Waals surface area (Å²) in [6.07, 6.45) is -0.104. The van der Waals surface area contributed by atoms with E-state index in [9.17, 15) is 24.5 Å². The first-order valence-corrected chi connectivity index (χ1v) is 11.5. The Balaban J connectivity index is 1.91. The summed E-state index contributed by atoms with van der Waals surface area (Å²) in [6, 6.07) is 12.2. The lowest BCUT2D eigenvalue weighted by molar-refractivity contribution is -0.386. The first kappa shape index (κ1) is 25.7. The van der Waals surface area contributed by atoms with Crippen molar-refractivity contribution in [1.82, 2.24) is 10.2 Å². The molecule has 2 aromatic rings. The van der Waals surface area contributed by atoms with Gasteiger partial charge in [-0.25, -0.2) is 9.69 Å². The van der Waals surface area contributed by atoms with Gasteiger partial charge in [-0.2, -0.15) is 0 Å². The highest BCUT2D eigenvalue weighted by Crippen LogP contribution is 2.47. The summed E-state index contributed by atoms with van der Waals surface area (Å²) < 4.78 is 5.98. The number of β-lactam (4-membered cyclic amide) rings is 1. The van der Waals surface area contributed by atoms with E-state index in [2.05, 4.69) is 5.32 Å². The standard InChI is InChI=1S/C25H29N3O7/c1-4-18(17-10-8-7-9-11-17)26-24(32)27-22(31)25(5-2,6-3)23(27)35-20-13-12-16(15-21(29)30)14-19(20)28(33)34/h7-14,18,23H,4-6,15H2,1-3H3,(H,26,32)(H,29,30)/t18-,23?/m1/s1. The number of likely N-dealkylation sites (tertiary alicyclic amines) is 1. The van der Waals surface area contributed by atoms with Crippen LogP contribution in [0.4, 0.5) is 10.5 Å². The van der Waals surface area contributed by atoms with Gasteiger partial charge in [0.2, 0.25) is 5.91 Å². The summed E-state index contributed by atoms with van der Waals surface area (Å²) >= 11 is 0. The normalized spacial score (nSPS) is 17.3. The monoisotopic (exact) mass is 483 g/mol. The predicted octanol–water partition coefficient (Wildman–Crippen LogP) is 4.44. The number of nitrogens with one attached hydrogen (secondary N) is 1. The Hall–Kier alpha value is -3.95. The summed E-state index contributed by atoms with van der Waals surface area (Å²) in [5, 5.41) is 23.6. The Kier molecular flexibility index (Phi) is 7.73. The van der Waals surface area contributed by atoms with E-state index in [0.717, 1.165) is 16.5 Å². The van der Waals surface area contributed by atoms with Gasteiger partial charge in [0.25, 0.3) is 0 Å². The number of hydrogen-bond acceptors (Lipinski definition) is 6. The minimum Gasteiger partial charge on any atom is -0.481 e. The fraction of sp³-hybridized carbons (Fsp3) is 0.400. The van der Waals surface area contributed by atoms with Crippen molar-refractivity contribution >= 4 is 23.6 Å². The van der Waals surface area contributed by atoms with Gasteiger partial charge < -0.3 is 15.2 Å². The SMILES string of the molecule is CC[C@@H](NC(=O)N1C(=O)C(CC)(CC)C1Oc1ccc(CC(=O)O)cc1[N+](=O)[O-])c1ccccc1. The highest BCUT2D eigenvalue weighted by molar-refractivity contribution is 6.03. The molecule has 1 fully saturated rings. The van der Waals surface area contributed by atoms with Crippen LogP contribution in [0, 0.1) is 15.5 Å². The second-order valence-corrected chi connectivity index (χ2v) is 8.46. The van der Waals surface area contributed by atoms with E-state index in [0.29, 0.717) is 19.3 Å². The molecule has 2 aromatic carbocycles. The van der Waals surface area contributed by atoms with Gasteiger partial charge in [-0.3, -0.25) is 19.7 Å². The van der Waals surface area contributed by atoms with Crippen molar-refractivity contribution in [3.63, 3.8) is 0 Å². The fourth-order valence-corrected chi connectivity index (χ4v) is 4.43. The van der Waals surface area contributed by atoms with Gasteiger partial charge in [-0.05, 0) is 36.5 Å². The van der Waals surface area contributed by atoms with E-state index in [1.54, 1.807) is 13.8 Å². The van der Waals surface area contributed by atoms with Crippen LogP contribution in [0.2, 0.25) is 0 Å². The summed E-state index contributed by atoms with van der Waals surface area (Å²) in [4.78, 5) is 49.4. The first-order chi connectivity index (χ1) is 16.7. The van der Waals surface area contributed by atoms with Gasteiger partial charge in [-0.1, -0.05) is 57.2 Å². The Morgan fingerprint density at radius 2 is 1.83 bits per heavy atom. The van der Waals surface area contributed by atoms with Gasteiger partial charge in [0.05, 0.1) is 17.4 Å². The van der Waals surface area contributed by atoms with Crippen LogP contribution in [0.15, 0.2) is 48.5 Å². The average molecular weight is 484 g/mol. The maximum atomic E-state index is 13.2. The van der Waals surface area contributed by atoms with Crippen LogP contribution in [0.3, 0.4) is 0 Å². The number of nitro groups is 1. The van der Waals surface area contributed by atoms with Gasteiger partial charge in [0.1, 0.15) is 5.41 Å². The number of amides is 3. The van der Waals surface area contributed by atoms with E-state index < -0.39 is 40.2 Å². The number of rotatable bonds is 10. The van der Waals surface area contributed by atoms with Crippen molar-refractivity contribution < 1.29 is 29.2 Å². The number of hydrogen-bond donors (Lipinski definition) is 2. The minimum absolute atomic E-state index is 0.138. The largest absolute Gasteiger partial charge is 0.481 e. The quantitative estimate of drug-likeness (QED) is 0.289. The number of nitro benzene ring substituents is 1. The van der Waals surface area contributed by atoms with Crippen LogP contribution in [-0.2, 0) is 16.0 Å². The van der Waals surface area contributed by atoms with E-state index in [-0.39, 0.29) is 23.8 Å². The molecule has 2 atom stereocenters. The molecule has 1 aliphatic rings. The number of carbonyl (C=O) groups is 3. The topological polar surface area (TPSA) is 139 Å². The molecule has 0 aromatic heterocycles. The Labute approximate surface area is 203 Å². The van der Waals surface area contributed by atoms with Crippen LogP contribution >= 0.6 is 0 Å². The number of carboxylic acids is 1. The van der Waals surface area contributed by atoms with E-state index in [1.165, 1.54) is 12.1 Å². The van der Waals surface area contributed by atoms with Crippen molar-refractivity contribution in [2.75, 3.05) is 0 Å². The number of carbonyl (C=O) groups excluding carboxylic acids is 2. The molecular weight excluding hydrogens is 454 g/mol. The molecule has 186 valence electrons. The Morgan fingerprint density at radius 3 is 2.37 bits per heavy atom. The highest BCUT2D eigenvalue weighted by atomic mass is 16.6. The third-order valence-electron chi connectivity index (χ3n) is 6.55. The van der Waals surface area contributed by atoms with Crippen molar-refractivity contribution in [1.29, 1.82) is 0 Å². The second-order valence-electron chi connectivity index (χ2n) is 8.46. The predicted molar refractivity (Wildman–Crippen MR) is 127 cm³/mol. The first-order valence-electron chi connectivity index (χ1n) is 11.5. The zero-order valence-electron chi connectivity index (χ0n) is 19.9. The lowest BCUT2D eigenvalue weighted by Gasteiger charge is -2.53. The molecule has 1 aliphatic heterocycles. The Bertz CT molecular complexity index is 1120. The lowest BCUT2D eigenvalue weighted by atomic mass is 9.72. The molecule has 0 aliphatic carbocycles. The van der Waals surface area contributed by atoms with Crippen molar-refractivity contribution in [2.45, 2.75) is 58.7 Å². The molecule has 0 bridgehead atoms. The van der Waals surface area contributed by atoms with Crippen LogP contribution in [0.5, 0.6) is 5.75 Å². The molecule has 10 nitrogen and oxygen atoms in total. The summed E-state index contributed by atoms with van der Waals surface area (Å²) in [5.41, 5.74) is -0.322. The smallest absolute Gasteiger partial charge is 0.327 e. The van der Waals surface area contributed by atoms with Crippen LogP contribution in [0.1, 0.15) is 57.2 Å². The molecule has 1 unspecified atom stereocenters. The van der Waals surface area contributed by atoms with Gasteiger partial charge in [0.15, 0.2) is 12.0 Å². The average Bonchev–Trinajstić information content (AvgIpc) is 2.84. The second kappa shape index (κ2) is 10.5. The zero-order valence-corrected chi connectivity index (χ0v) is 19.9. The van der Waals surface area contributed by atoms with Crippen LogP contribution < -0.4 is 10.1 Å². The Morgan fingerprint density at radius 1 is 1.17 bits per heavy atom. The molecule has 10 heteroatoms. The molecule has 3 rings (SSSR count). The van der Waals surface area contributed by atoms with Crippen LogP contribution in [-0.4, -0.2) is 39.1 Å². The van der Waals surface area contributed by atoms with Crippen molar-refractivity contribution in [3.05, 3.63) is 69.8 Å². The number of urea groups is 1. The molecule has 0 radical (unpaired) electrons. The molecule has 35 heavy (non-hydrogen) atoms. The number of imide groups is 1. The molecule has 0 spiro atoms. The van der Waals surface area contributed by atoms with E-state index in [4.69, 9.17) is 9.84 Å². The molecule has 3 amide bonds. The number of ether oxygens (including phenoxy) is 1. The summed E-state index contributed by atoms with van der Waals surface area (Å²) in [7, 11) is 0. The molecule has 0 saturated carbocycles. The molecular formula is C25H29N3O7. The maximum Gasteiger partial charge on any atom is 0.327 e. The van der Waals surface area contributed by atoms with E-state index >= 15 is 0 Å². The lowest BCUT2D eigenvalue weighted by Crippen LogP contribution is -2.73. The summed E-state index contributed by atoms with van der Waals surface area (Å²) in [5.74, 6) is -1.67. The zero-order chi connectivity index (χ0) is 25.8. The van der Waals surface area contributed by atoms with Gasteiger partial charge in [-0.15, -0.1) is 0 Å². The van der Waals surface area contributed by atoms with Gasteiger partial charge in [0, 0.05) is 6.07 Å². The molecule has 1 saturated heterocycles. The van der Waals surface area contributed by atoms with Crippen LogP contribution in [0.25, 0.3) is 0 Å². The number of benzene rings is 2. The maximum absolute atomic E-state index is 13.2. The number of aliphatic carboxylic acids is 1. The van der Waals surface area contributed by atoms with E-state index in [1.807, 2.05) is 37.3 Å². The van der Waals surface area contributed by atoms with Gasteiger partial charge >= 0.3 is 17.7 Å². The molecule has 1 heterocycles. The number of nitrogens with zero attached hydrogens (tertiary/aromatic N) is 2. The number of carboxylic acid groups (broad SMARTS) is 1.